The molecule has 1 aliphatic heterocycles. The van der Waals surface area contributed by atoms with Crippen molar-refractivity contribution in [1.82, 2.24) is 4.90 Å². The van der Waals surface area contributed by atoms with E-state index in [1.54, 1.807) is 17.0 Å². The largest absolute Gasteiger partial charge is 0.323 e. The third-order valence-electron chi connectivity index (χ3n) is 3.02. The third-order valence-corrected chi connectivity index (χ3v) is 3.94. The number of piperidine rings is 1. The van der Waals surface area contributed by atoms with Crippen molar-refractivity contribution in [3.63, 3.8) is 0 Å². The van der Waals surface area contributed by atoms with Crippen LogP contribution >= 0.6 is 31.9 Å². The van der Waals surface area contributed by atoms with Gasteiger partial charge in [0.1, 0.15) is 6.04 Å². The Hall–Kier alpha value is -0.860. The number of amides is 1. The first-order valence-electron chi connectivity index (χ1n) is 5.78. The fraction of sp³-hybridized carbons (Fsp3) is 0.385. The van der Waals surface area contributed by atoms with E-state index in [0.29, 0.717) is 12.1 Å². The second kappa shape index (κ2) is 5.85. The first-order chi connectivity index (χ1) is 8.61. The Morgan fingerprint density at radius 2 is 1.94 bits per heavy atom. The number of rotatable bonds is 1. The minimum atomic E-state index is -0.288. The van der Waals surface area contributed by atoms with E-state index in [-0.39, 0.29) is 11.9 Å². The van der Waals surface area contributed by atoms with Crippen molar-refractivity contribution in [1.29, 1.82) is 5.26 Å². The van der Waals surface area contributed by atoms with Gasteiger partial charge in [0.25, 0.3) is 5.91 Å². The molecule has 0 bridgehead atoms. The van der Waals surface area contributed by atoms with Crippen LogP contribution in [0.25, 0.3) is 0 Å². The molecule has 1 amide bonds. The molecule has 1 aromatic rings. The molecule has 5 heteroatoms. The third kappa shape index (κ3) is 2.93. The molecule has 0 saturated carbocycles. The number of hydrogen-bond acceptors (Lipinski definition) is 2. The zero-order chi connectivity index (χ0) is 13.1. The minimum Gasteiger partial charge on any atom is -0.323 e. The summed E-state index contributed by atoms with van der Waals surface area (Å²) < 4.78 is 1.71. The summed E-state index contributed by atoms with van der Waals surface area (Å²) in [6.45, 7) is 0.668. The van der Waals surface area contributed by atoms with Gasteiger partial charge in [-0.15, -0.1) is 0 Å². The Labute approximate surface area is 123 Å². The molecule has 0 aliphatic carbocycles. The molecule has 1 heterocycles. The molecule has 1 saturated heterocycles. The van der Waals surface area contributed by atoms with Crippen LogP contribution in [0, 0.1) is 11.3 Å². The van der Waals surface area contributed by atoms with Gasteiger partial charge in [0.15, 0.2) is 0 Å². The van der Waals surface area contributed by atoms with Crippen LogP contribution in [0.5, 0.6) is 0 Å². The van der Waals surface area contributed by atoms with Gasteiger partial charge in [-0.3, -0.25) is 4.79 Å². The Kier molecular flexibility index (Phi) is 4.41. The predicted molar refractivity (Wildman–Crippen MR) is 76.1 cm³/mol. The van der Waals surface area contributed by atoms with Crippen LogP contribution in [0.3, 0.4) is 0 Å². The molecule has 0 aromatic heterocycles. The van der Waals surface area contributed by atoms with Crippen LogP contribution < -0.4 is 0 Å². The summed E-state index contributed by atoms with van der Waals surface area (Å²) in [7, 11) is 0. The van der Waals surface area contributed by atoms with Gasteiger partial charge in [-0.05, 0) is 37.5 Å². The van der Waals surface area contributed by atoms with Crippen molar-refractivity contribution in [2.45, 2.75) is 25.3 Å². The molecular weight excluding hydrogens is 360 g/mol. The highest BCUT2D eigenvalue weighted by molar-refractivity contribution is 9.11. The SMILES string of the molecule is N#CC1CCCCN1C(=O)c1cc(Br)cc(Br)c1. The van der Waals surface area contributed by atoms with Crippen molar-refractivity contribution >= 4 is 37.8 Å². The maximum atomic E-state index is 12.4. The molecule has 18 heavy (non-hydrogen) atoms. The van der Waals surface area contributed by atoms with E-state index in [1.165, 1.54) is 0 Å². The Morgan fingerprint density at radius 3 is 2.56 bits per heavy atom. The summed E-state index contributed by atoms with van der Waals surface area (Å²) in [4.78, 5) is 14.1. The lowest BCUT2D eigenvalue weighted by Gasteiger charge is -2.31. The minimum absolute atomic E-state index is 0.0664. The van der Waals surface area contributed by atoms with E-state index in [4.69, 9.17) is 5.26 Å². The van der Waals surface area contributed by atoms with Crippen molar-refractivity contribution in [3.8, 4) is 6.07 Å². The van der Waals surface area contributed by atoms with Crippen molar-refractivity contribution < 1.29 is 4.79 Å². The fourth-order valence-electron chi connectivity index (χ4n) is 2.15. The quantitative estimate of drug-likeness (QED) is 0.754. The highest BCUT2D eigenvalue weighted by Crippen LogP contribution is 2.24. The molecule has 0 N–H and O–H groups in total. The first-order valence-corrected chi connectivity index (χ1v) is 7.37. The summed E-state index contributed by atoms with van der Waals surface area (Å²) in [6.07, 6.45) is 2.76. The smallest absolute Gasteiger partial charge is 0.255 e. The van der Waals surface area contributed by atoms with Crippen LogP contribution in [-0.4, -0.2) is 23.4 Å². The van der Waals surface area contributed by atoms with Crippen molar-refractivity contribution in [3.05, 3.63) is 32.7 Å². The van der Waals surface area contributed by atoms with Gasteiger partial charge in [0, 0.05) is 21.1 Å². The normalized spacial score (nSPS) is 19.4. The van der Waals surface area contributed by atoms with Gasteiger partial charge >= 0.3 is 0 Å². The Bertz CT molecular complexity index is 490. The van der Waals surface area contributed by atoms with Crippen molar-refractivity contribution in [2.24, 2.45) is 0 Å². The van der Waals surface area contributed by atoms with Gasteiger partial charge in [0.05, 0.1) is 6.07 Å². The van der Waals surface area contributed by atoms with Crippen LogP contribution in [-0.2, 0) is 0 Å². The van der Waals surface area contributed by atoms with E-state index in [0.717, 1.165) is 28.2 Å². The van der Waals surface area contributed by atoms with Gasteiger partial charge in [-0.25, -0.2) is 0 Å². The average Bonchev–Trinajstić information content (AvgIpc) is 2.36. The summed E-state index contributed by atoms with van der Waals surface area (Å²) in [5.41, 5.74) is 0.610. The molecule has 0 radical (unpaired) electrons. The zero-order valence-electron chi connectivity index (χ0n) is 9.70. The topological polar surface area (TPSA) is 44.1 Å². The van der Waals surface area contributed by atoms with Crippen LogP contribution in [0.4, 0.5) is 0 Å². The number of nitriles is 1. The molecule has 1 unspecified atom stereocenters. The van der Waals surface area contributed by atoms with E-state index < -0.39 is 0 Å². The van der Waals surface area contributed by atoms with E-state index in [1.807, 2.05) is 6.07 Å². The second-order valence-corrected chi connectivity index (χ2v) is 6.13. The van der Waals surface area contributed by atoms with E-state index in [2.05, 4.69) is 37.9 Å². The summed E-state index contributed by atoms with van der Waals surface area (Å²) in [5, 5.41) is 9.10. The van der Waals surface area contributed by atoms with Gasteiger partial charge in [0.2, 0.25) is 0 Å². The summed E-state index contributed by atoms with van der Waals surface area (Å²) >= 11 is 6.74. The number of carbonyl (C=O) groups excluding carboxylic acids is 1. The zero-order valence-corrected chi connectivity index (χ0v) is 12.9. The maximum absolute atomic E-state index is 12.4. The van der Waals surface area contributed by atoms with Crippen molar-refractivity contribution in [2.75, 3.05) is 6.54 Å². The monoisotopic (exact) mass is 370 g/mol. The average molecular weight is 372 g/mol. The van der Waals surface area contributed by atoms with Crippen LogP contribution in [0.1, 0.15) is 29.6 Å². The molecule has 3 nitrogen and oxygen atoms in total. The van der Waals surface area contributed by atoms with Gasteiger partial charge < -0.3 is 4.90 Å². The Balaban J connectivity index is 2.27. The molecule has 94 valence electrons. The van der Waals surface area contributed by atoms with Crippen LogP contribution in [0.15, 0.2) is 27.1 Å². The number of likely N-dealkylation sites (tertiary alicyclic amines) is 1. The predicted octanol–water partition coefficient (Wildman–Crippen LogP) is 3.73. The first kappa shape index (κ1) is 13.6. The lowest BCUT2D eigenvalue weighted by atomic mass is 10.0. The highest BCUT2D eigenvalue weighted by Gasteiger charge is 2.27. The van der Waals surface area contributed by atoms with Crippen LogP contribution in [0.2, 0.25) is 0 Å². The number of nitrogens with zero attached hydrogens (tertiary/aromatic N) is 2. The lowest BCUT2D eigenvalue weighted by Crippen LogP contribution is -2.42. The van der Waals surface area contributed by atoms with Gasteiger partial charge in [-0.1, -0.05) is 31.9 Å². The fourth-order valence-corrected chi connectivity index (χ4v) is 3.45. The second-order valence-electron chi connectivity index (χ2n) is 4.30. The molecular formula is C13H12Br2N2O. The van der Waals surface area contributed by atoms with E-state index >= 15 is 0 Å². The number of benzene rings is 1. The summed E-state index contributed by atoms with van der Waals surface area (Å²) in [6, 6.07) is 7.39. The highest BCUT2D eigenvalue weighted by atomic mass is 79.9. The number of carbonyl (C=O) groups is 1. The number of hydrogen-bond donors (Lipinski definition) is 0. The number of halogens is 2. The molecule has 1 fully saturated rings. The maximum Gasteiger partial charge on any atom is 0.255 e. The van der Waals surface area contributed by atoms with Gasteiger partial charge in [-0.2, -0.15) is 5.26 Å². The molecule has 2 rings (SSSR count). The summed E-state index contributed by atoms with van der Waals surface area (Å²) in [5.74, 6) is -0.0664. The standard InChI is InChI=1S/C13H12Br2N2O/c14-10-5-9(6-11(15)7-10)13(18)17-4-2-1-3-12(17)8-16/h5-7,12H,1-4H2. The molecule has 1 atom stereocenters. The molecule has 0 spiro atoms. The van der Waals surface area contributed by atoms with E-state index in [9.17, 15) is 4.79 Å². The Morgan fingerprint density at radius 1 is 1.28 bits per heavy atom. The molecule has 1 aliphatic rings. The molecule has 1 aromatic carbocycles. The lowest BCUT2D eigenvalue weighted by molar-refractivity contribution is 0.0670.